The molecule has 2 heterocycles. The standard InChI is InChI=1S/C57H42N4/c1-3-15-37(16-4-1)55-58-56(38-17-5-2-6-18-38)60-57(59-55)43-21-14-22-44(34-43)61-53-28-12-11-27-50(53)51-32-30-42(36-54(51)61)40-20-13-19-39(33-40)41-29-31-49-47-25-8-7-23-45(47)46-24-9-10-26-48(46)52(49)35-41/h1-11,13-27,29-36,45,47,55H,12,28H2,(H,58,59,60). The van der Waals surface area contributed by atoms with E-state index in [9.17, 15) is 0 Å². The molecule has 12 rings (SSSR count). The molecule has 7 aromatic carbocycles. The number of hydrogen-bond donors (Lipinski definition) is 1. The first-order chi connectivity index (χ1) is 30.2. The molecule has 0 fully saturated rings. The molecule has 290 valence electrons. The third-order valence-electron chi connectivity index (χ3n) is 12.9. The normalized spacial score (nSPS) is 18.3. The van der Waals surface area contributed by atoms with Crippen molar-refractivity contribution in [3.63, 3.8) is 0 Å². The Bertz CT molecular complexity index is 3180. The minimum absolute atomic E-state index is 0.257. The second-order valence-corrected chi connectivity index (χ2v) is 16.4. The molecule has 0 radical (unpaired) electrons. The van der Waals surface area contributed by atoms with Gasteiger partial charge < -0.3 is 9.88 Å². The van der Waals surface area contributed by atoms with Gasteiger partial charge in [-0.1, -0.05) is 176 Å². The van der Waals surface area contributed by atoms with Gasteiger partial charge in [0.25, 0.3) is 0 Å². The Kier molecular flexibility index (Phi) is 8.48. The number of rotatable bonds is 6. The van der Waals surface area contributed by atoms with Crippen molar-refractivity contribution in [3.05, 3.63) is 239 Å². The summed E-state index contributed by atoms with van der Waals surface area (Å²) in [5, 5.41) is 4.95. The van der Waals surface area contributed by atoms with Crippen molar-refractivity contribution >= 4 is 28.7 Å². The topological polar surface area (TPSA) is 41.7 Å². The van der Waals surface area contributed by atoms with Crippen molar-refractivity contribution in [1.82, 2.24) is 9.88 Å². The molecular weight excluding hydrogens is 741 g/mol. The lowest BCUT2D eigenvalue weighted by Crippen LogP contribution is -2.33. The summed E-state index contributed by atoms with van der Waals surface area (Å²) in [4.78, 5) is 10.2. The number of nitrogens with one attached hydrogen (secondary N) is 1. The van der Waals surface area contributed by atoms with Crippen LogP contribution in [0.25, 0.3) is 56.0 Å². The summed E-state index contributed by atoms with van der Waals surface area (Å²) in [6.07, 6.45) is 15.5. The molecule has 1 aromatic heterocycles. The molecule has 4 aliphatic rings. The van der Waals surface area contributed by atoms with Gasteiger partial charge in [-0.3, -0.25) is 0 Å². The Labute approximate surface area is 356 Å². The minimum Gasteiger partial charge on any atom is -0.344 e. The van der Waals surface area contributed by atoms with Crippen molar-refractivity contribution in [2.45, 2.75) is 30.8 Å². The van der Waals surface area contributed by atoms with Gasteiger partial charge in [-0.25, -0.2) is 9.98 Å². The van der Waals surface area contributed by atoms with Gasteiger partial charge in [0, 0.05) is 45.3 Å². The maximum absolute atomic E-state index is 5.14. The fraction of sp³-hybridized carbons (Fsp3) is 0.0877. The molecule has 1 N–H and O–H groups in total. The molecule has 3 aliphatic carbocycles. The highest BCUT2D eigenvalue weighted by molar-refractivity contribution is 6.13. The highest BCUT2D eigenvalue weighted by atomic mass is 15.2. The first-order valence-corrected chi connectivity index (χ1v) is 21.4. The lowest BCUT2D eigenvalue weighted by Gasteiger charge is -2.34. The average Bonchev–Trinajstić information content (AvgIpc) is 3.68. The van der Waals surface area contributed by atoms with Gasteiger partial charge >= 0.3 is 0 Å². The van der Waals surface area contributed by atoms with Crippen LogP contribution in [-0.2, 0) is 6.42 Å². The van der Waals surface area contributed by atoms with Gasteiger partial charge in [0.05, 0.1) is 5.52 Å². The van der Waals surface area contributed by atoms with E-state index in [2.05, 4.69) is 192 Å². The van der Waals surface area contributed by atoms with Crippen LogP contribution in [0.2, 0.25) is 0 Å². The van der Waals surface area contributed by atoms with E-state index >= 15 is 0 Å². The van der Waals surface area contributed by atoms with Crippen LogP contribution in [-0.4, -0.2) is 16.2 Å². The molecule has 3 unspecified atom stereocenters. The average molecular weight is 783 g/mol. The SMILES string of the molecule is C1=CC2c3ccccc3-c3cc(-c4cccc(-c5ccc6c7c(n(-c8cccc(C9=NC(c%10ccccc%10)=NC(c%10ccccc%10)N9)c8)c6c5)CCC=C7)c4)ccc3C2C=C1. The predicted molar refractivity (Wildman–Crippen MR) is 253 cm³/mol. The molecule has 1 aliphatic heterocycles. The molecule has 61 heavy (non-hydrogen) atoms. The Morgan fingerprint density at radius 1 is 0.541 bits per heavy atom. The number of hydrogen-bond acceptors (Lipinski definition) is 3. The monoisotopic (exact) mass is 782 g/mol. The van der Waals surface area contributed by atoms with Crippen LogP contribution >= 0.6 is 0 Å². The van der Waals surface area contributed by atoms with Gasteiger partial charge in [-0.15, -0.1) is 0 Å². The van der Waals surface area contributed by atoms with Gasteiger partial charge in [0.1, 0.15) is 12.0 Å². The predicted octanol–water partition coefficient (Wildman–Crippen LogP) is 13.4. The zero-order valence-corrected chi connectivity index (χ0v) is 33.6. The third-order valence-corrected chi connectivity index (χ3v) is 12.9. The molecule has 4 nitrogen and oxygen atoms in total. The number of benzene rings is 7. The highest BCUT2D eigenvalue weighted by Gasteiger charge is 2.32. The number of amidine groups is 2. The zero-order chi connectivity index (χ0) is 40.3. The quantitative estimate of drug-likeness (QED) is 0.179. The van der Waals surface area contributed by atoms with Crippen molar-refractivity contribution in [2.75, 3.05) is 0 Å². The lowest BCUT2D eigenvalue weighted by molar-refractivity contribution is 0.674. The van der Waals surface area contributed by atoms with E-state index in [1.807, 2.05) is 24.3 Å². The first-order valence-electron chi connectivity index (χ1n) is 21.4. The summed E-state index contributed by atoms with van der Waals surface area (Å²) >= 11 is 0. The Hall–Kier alpha value is -7.56. The second kappa shape index (κ2) is 14.6. The molecule has 3 atom stereocenters. The van der Waals surface area contributed by atoms with E-state index in [0.29, 0.717) is 11.8 Å². The van der Waals surface area contributed by atoms with Gasteiger partial charge in [0.2, 0.25) is 0 Å². The van der Waals surface area contributed by atoms with E-state index < -0.39 is 0 Å². The van der Waals surface area contributed by atoms with Crippen LogP contribution in [0, 0.1) is 0 Å². The van der Waals surface area contributed by atoms with Crippen molar-refractivity contribution in [1.29, 1.82) is 0 Å². The summed E-state index contributed by atoms with van der Waals surface area (Å²) in [5.41, 5.74) is 18.4. The maximum Gasteiger partial charge on any atom is 0.159 e. The molecule has 0 bridgehead atoms. The number of allylic oxidation sites excluding steroid dienone is 5. The number of aromatic nitrogens is 1. The van der Waals surface area contributed by atoms with E-state index in [-0.39, 0.29) is 6.17 Å². The zero-order valence-electron chi connectivity index (χ0n) is 33.6. The van der Waals surface area contributed by atoms with Crippen LogP contribution in [0.1, 0.15) is 63.5 Å². The van der Waals surface area contributed by atoms with Crippen LogP contribution in [0.15, 0.2) is 210 Å². The molecular formula is C57H42N4. The number of fused-ring (bicyclic) bond motifs is 9. The molecule has 0 saturated heterocycles. The summed E-state index contributed by atoms with van der Waals surface area (Å²) in [6.45, 7) is 0. The third kappa shape index (κ3) is 6.14. The van der Waals surface area contributed by atoms with Crippen LogP contribution in [0.3, 0.4) is 0 Å². The van der Waals surface area contributed by atoms with Crippen LogP contribution < -0.4 is 5.32 Å². The molecule has 0 amide bonds. The summed E-state index contributed by atoms with van der Waals surface area (Å²) < 4.78 is 2.48. The van der Waals surface area contributed by atoms with Gasteiger partial charge in [-0.2, -0.15) is 0 Å². The van der Waals surface area contributed by atoms with E-state index in [0.717, 1.165) is 46.9 Å². The Morgan fingerprint density at radius 3 is 2.05 bits per heavy atom. The molecule has 0 saturated carbocycles. The maximum atomic E-state index is 5.14. The van der Waals surface area contributed by atoms with Gasteiger partial charge in [-0.05, 0) is 93.2 Å². The van der Waals surface area contributed by atoms with Crippen LogP contribution in [0.5, 0.6) is 0 Å². The highest BCUT2D eigenvalue weighted by Crippen LogP contribution is 2.50. The smallest absolute Gasteiger partial charge is 0.159 e. The van der Waals surface area contributed by atoms with Crippen molar-refractivity contribution in [3.8, 4) is 39.1 Å². The fourth-order valence-electron chi connectivity index (χ4n) is 9.98. The fourth-order valence-corrected chi connectivity index (χ4v) is 9.98. The lowest BCUT2D eigenvalue weighted by atomic mass is 9.69. The number of aliphatic imine (C=N–C) groups is 2. The molecule has 4 heteroatoms. The summed E-state index contributed by atoms with van der Waals surface area (Å²) in [5.74, 6) is 2.28. The minimum atomic E-state index is -0.257. The van der Waals surface area contributed by atoms with E-state index in [1.54, 1.807) is 0 Å². The first kappa shape index (κ1) is 35.4. The molecule has 8 aromatic rings. The number of nitrogens with zero attached hydrogens (tertiary/aromatic N) is 3. The second-order valence-electron chi connectivity index (χ2n) is 16.4. The largest absolute Gasteiger partial charge is 0.344 e. The van der Waals surface area contributed by atoms with E-state index in [1.165, 1.54) is 66.7 Å². The van der Waals surface area contributed by atoms with E-state index in [4.69, 9.17) is 9.98 Å². The van der Waals surface area contributed by atoms with Crippen LogP contribution in [0.4, 0.5) is 0 Å². The summed E-state index contributed by atoms with van der Waals surface area (Å²) in [6, 6.07) is 61.6. The Morgan fingerprint density at radius 2 is 1.21 bits per heavy atom. The molecule has 0 spiro atoms. The van der Waals surface area contributed by atoms with Gasteiger partial charge in [0.15, 0.2) is 5.84 Å². The summed E-state index contributed by atoms with van der Waals surface area (Å²) in [7, 11) is 0. The Balaban J connectivity index is 0.936. The van der Waals surface area contributed by atoms with Crippen molar-refractivity contribution < 1.29 is 0 Å². The van der Waals surface area contributed by atoms with Crippen molar-refractivity contribution in [2.24, 2.45) is 9.98 Å².